The first kappa shape index (κ1) is 17.0. The maximum absolute atomic E-state index is 11.9. The average Bonchev–Trinajstić information content (AvgIpc) is 2.58. The molecule has 7 heteroatoms. The van der Waals surface area contributed by atoms with Crippen LogP contribution in [0, 0.1) is 6.92 Å². The molecule has 3 amide bonds. The van der Waals surface area contributed by atoms with E-state index >= 15 is 0 Å². The quantitative estimate of drug-likeness (QED) is 0.786. The van der Waals surface area contributed by atoms with Crippen LogP contribution in [0.4, 0.5) is 0 Å². The van der Waals surface area contributed by atoms with Gasteiger partial charge in [-0.05, 0) is 18.6 Å². The van der Waals surface area contributed by atoms with Gasteiger partial charge in [0.2, 0.25) is 11.8 Å². The number of amides is 3. The zero-order valence-corrected chi connectivity index (χ0v) is 13.1. The van der Waals surface area contributed by atoms with Gasteiger partial charge >= 0.3 is 0 Å². The predicted molar refractivity (Wildman–Crippen MR) is 83.4 cm³/mol. The summed E-state index contributed by atoms with van der Waals surface area (Å²) in [6.45, 7) is 4.00. The molecule has 0 spiro atoms. The van der Waals surface area contributed by atoms with Crippen LogP contribution in [-0.2, 0) is 14.3 Å². The largest absolute Gasteiger partial charge is 0.378 e. The topological polar surface area (TPSA) is 87.7 Å². The Morgan fingerprint density at radius 1 is 1.09 bits per heavy atom. The van der Waals surface area contributed by atoms with Crippen molar-refractivity contribution in [1.29, 1.82) is 0 Å². The number of nitrogens with one attached hydrogen (secondary N) is 2. The number of rotatable bonds is 4. The van der Waals surface area contributed by atoms with E-state index < -0.39 is 5.91 Å². The Morgan fingerprint density at radius 3 is 2.48 bits per heavy atom. The minimum absolute atomic E-state index is 0.0320. The highest BCUT2D eigenvalue weighted by molar-refractivity contribution is 5.96. The van der Waals surface area contributed by atoms with Crippen LogP contribution in [0.25, 0.3) is 0 Å². The van der Waals surface area contributed by atoms with Gasteiger partial charge in [-0.25, -0.2) is 0 Å². The number of carbonyl (C=O) groups is 3. The molecule has 1 aromatic carbocycles. The fourth-order valence-electron chi connectivity index (χ4n) is 2.28. The van der Waals surface area contributed by atoms with Gasteiger partial charge in [-0.2, -0.15) is 0 Å². The van der Waals surface area contributed by atoms with Crippen molar-refractivity contribution in [3.8, 4) is 0 Å². The molecule has 0 atom stereocenters. The van der Waals surface area contributed by atoms with E-state index in [1.165, 1.54) is 0 Å². The van der Waals surface area contributed by atoms with E-state index in [1.54, 1.807) is 17.0 Å². The number of ether oxygens (including phenoxy) is 1. The monoisotopic (exact) mass is 319 g/mol. The third-order valence-electron chi connectivity index (χ3n) is 3.63. The average molecular weight is 319 g/mol. The molecule has 23 heavy (non-hydrogen) atoms. The Hall–Kier alpha value is -2.41. The Labute approximate surface area is 135 Å². The van der Waals surface area contributed by atoms with Crippen LogP contribution in [0.1, 0.15) is 28.8 Å². The van der Waals surface area contributed by atoms with E-state index in [1.807, 2.05) is 19.1 Å². The lowest BCUT2D eigenvalue weighted by atomic mass is 10.1. The van der Waals surface area contributed by atoms with E-state index in [2.05, 4.69) is 10.9 Å². The standard InChI is InChI=1S/C16H21N3O4/c1-12-4-2-3-5-13(12)16(22)18-17-14(20)6-7-15(21)19-8-10-23-11-9-19/h2-5H,6-11H2,1H3,(H,17,20)(H,18,22). The first-order chi connectivity index (χ1) is 11.1. The van der Waals surface area contributed by atoms with Crippen molar-refractivity contribution in [2.45, 2.75) is 19.8 Å². The number of carbonyl (C=O) groups excluding carboxylic acids is 3. The molecule has 0 bridgehead atoms. The van der Waals surface area contributed by atoms with Crippen LogP contribution in [0.2, 0.25) is 0 Å². The Balaban J connectivity index is 1.71. The van der Waals surface area contributed by atoms with E-state index in [0.717, 1.165) is 5.56 Å². The number of hydrogen-bond acceptors (Lipinski definition) is 4. The summed E-state index contributed by atoms with van der Waals surface area (Å²) in [7, 11) is 0. The smallest absolute Gasteiger partial charge is 0.269 e. The molecular weight excluding hydrogens is 298 g/mol. The van der Waals surface area contributed by atoms with Crippen molar-refractivity contribution in [2.75, 3.05) is 26.3 Å². The lowest BCUT2D eigenvalue weighted by molar-refractivity contribution is -0.137. The van der Waals surface area contributed by atoms with Gasteiger partial charge in [-0.1, -0.05) is 18.2 Å². The second-order valence-electron chi connectivity index (χ2n) is 5.31. The van der Waals surface area contributed by atoms with Crippen molar-refractivity contribution in [2.24, 2.45) is 0 Å². The molecule has 7 nitrogen and oxygen atoms in total. The summed E-state index contributed by atoms with van der Waals surface area (Å²) in [5.74, 6) is -0.849. The molecule has 0 saturated carbocycles. The third-order valence-corrected chi connectivity index (χ3v) is 3.63. The second-order valence-corrected chi connectivity index (χ2v) is 5.31. The maximum atomic E-state index is 11.9. The van der Waals surface area contributed by atoms with E-state index in [0.29, 0.717) is 31.9 Å². The summed E-state index contributed by atoms with van der Waals surface area (Å²) in [5, 5.41) is 0. The molecule has 124 valence electrons. The van der Waals surface area contributed by atoms with Crippen LogP contribution in [-0.4, -0.2) is 48.9 Å². The fraction of sp³-hybridized carbons (Fsp3) is 0.438. The molecule has 2 rings (SSSR count). The lowest BCUT2D eigenvalue weighted by Crippen LogP contribution is -2.43. The summed E-state index contributed by atoms with van der Waals surface area (Å²) >= 11 is 0. The number of morpholine rings is 1. The zero-order valence-electron chi connectivity index (χ0n) is 13.1. The highest BCUT2D eigenvalue weighted by atomic mass is 16.5. The number of hydrogen-bond donors (Lipinski definition) is 2. The van der Waals surface area contributed by atoms with Gasteiger partial charge in [-0.3, -0.25) is 25.2 Å². The molecule has 0 aromatic heterocycles. The van der Waals surface area contributed by atoms with Crippen molar-refractivity contribution < 1.29 is 19.1 Å². The molecule has 0 unspecified atom stereocenters. The number of aryl methyl sites for hydroxylation is 1. The van der Waals surface area contributed by atoms with E-state index in [9.17, 15) is 14.4 Å². The van der Waals surface area contributed by atoms with Crippen molar-refractivity contribution in [1.82, 2.24) is 15.8 Å². The number of benzene rings is 1. The van der Waals surface area contributed by atoms with Gasteiger partial charge in [0, 0.05) is 31.5 Å². The molecule has 2 N–H and O–H groups in total. The summed E-state index contributed by atoms with van der Waals surface area (Å²) in [6, 6.07) is 7.09. The predicted octanol–water partition coefficient (Wildman–Crippen LogP) is 0.395. The van der Waals surface area contributed by atoms with Crippen molar-refractivity contribution in [3.05, 3.63) is 35.4 Å². The normalized spacial score (nSPS) is 14.2. The van der Waals surface area contributed by atoms with E-state index in [4.69, 9.17) is 4.74 Å². The fourth-order valence-corrected chi connectivity index (χ4v) is 2.28. The molecule has 0 aliphatic carbocycles. The summed E-state index contributed by atoms with van der Waals surface area (Å²) in [4.78, 5) is 37.3. The highest BCUT2D eigenvalue weighted by Gasteiger charge is 2.17. The van der Waals surface area contributed by atoms with Gasteiger partial charge in [0.15, 0.2) is 0 Å². The van der Waals surface area contributed by atoms with Crippen molar-refractivity contribution >= 4 is 17.7 Å². The second kappa shape index (κ2) is 8.28. The van der Waals surface area contributed by atoms with Gasteiger partial charge in [0.05, 0.1) is 13.2 Å². The summed E-state index contributed by atoms with van der Waals surface area (Å²) in [5.41, 5.74) is 6.01. The van der Waals surface area contributed by atoms with Crippen LogP contribution in [0.5, 0.6) is 0 Å². The summed E-state index contributed by atoms with van der Waals surface area (Å²) in [6.07, 6.45) is 0.149. The first-order valence-corrected chi connectivity index (χ1v) is 7.58. The van der Waals surface area contributed by atoms with Crippen molar-refractivity contribution in [3.63, 3.8) is 0 Å². The SMILES string of the molecule is Cc1ccccc1C(=O)NNC(=O)CCC(=O)N1CCOCC1. The van der Waals surface area contributed by atoms with Gasteiger partial charge < -0.3 is 9.64 Å². The summed E-state index contributed by atoms with van der Waals surface area (Å²) < 4.78 is 5.17. The molecule has 1 aliphatic heterocycles. The molecule has 1 heterocycles. The van der Waals surface area contributed by atoms with Gasteiger partial charge in [-0.15, -0.1) is 0 Å². The molecular formula is C16H21N3O4. The van der Waals surface area contributed by atoms with Gasteiger partial charge in [0.25, 0.3) is 5.91 Å². The zero-order chi connectivity index (χ0) is 16.7. The molecule has 1 aliphatic rings. The van der Waals surface area contributed by atoms with Gasteiger partial charge in [0.1, 0.15) is 0 Å². The Morgan fingerprint density at radius 2 is 1.78 bits per heavy atom. The molecule has 0 radical (unpaired) electrons. The maximum Gasteiger partial charge on any atom is 0.269 e. The first-order valence-electron chi connectivity index (χ1n) is 7.58. The van der Waals surface area contributed by atoms with Crippen LogP contribution in [0.15, 0.2) is 24.3 Å². The van der Waals surface area contributed by atoms with Crippen LogP contribution in [0.3, 0.4) is 0 Å². The van der Waals surface area contributed by atoms with E-state index in [-0.39, 0.29) is 24.7 Å². The highest BCUT2D eigenvalue weighted by Crippen LogP contribution is 2.06. The van der Waals surface area contributed by atoms with Crippen LogP contribution >= 0.6 is 0 Å². The number of nitrogens with zero attached hydrogens (tertiary/aromatic N) is 1. The Bertz CT molecular complexity index is 582. The molecule has 1 fully saturated rings. The third kappa shape index (κ3) is 5.07. The molecule has 1 saturated heterocycles. The van der Waals surface area contributed by atoms with Crippen LogP contribution < -0.4 is 10.9 Å². The molecule has 1 aromatic rings. The lowest BCUT2D eigenvalue weighted by Gasteiger charge is -2.26. The number of hydrazine groups is 1. The minimum atomic E-state index is -0.395. The minimum Gasteiger partial charge on any atom is -0.378 e. The Kier molecular flexibility index (Phi) is 6.10.